The van der Waals surface area contributed by atoms with Crippen molar-refractivity contribution < 1.29 is 22.7 Å². The molecule has 1 N–H and O–H groups in total. The molecule has 1 amide bonds. The summed E-state index contributed by atoms with van der Waals surface area (Å²) < 4.78 is 32.9. The number of carbonyl (C=O) groups is 2. The number of carbonyl (C=O) groups excluding carboxylic acids is 2. The second-order valence-corrected chi connectivity index (χ2v) is 9.14. The van der Waals surface area contributed by atoms with Crippen molar-refractivity contribution in [2.45, 2.75) is 18.7 Å². The third-order valence-corrected chi connectivity index (χ3v) is 7.00. The van der Waals surface area contributed by atoms with Crippen molar-refractivity contribution in [3.63, 3.8) is 0 Å². The zero-order chi connectivity index (χ0) is 24.0. The van der Waals surface area contributed by atoms with E-state index in [1.165, 1.54) is 28.6 Å². The van der Waals surface area contributed by atoms with Crippen molar-refractivity contribution in [3.05, 3.63) is 88.9 Å². The van der Waals surface area contributed by atoms with Crippen molar-refractivity contribution in [1.29, 1.82) is 0 Å². The Morgan fingerprint density at radius 2 is 1.61 bits per heavy atom. The highest BCUT2D eigenvalue weighted by Gasteiger charge is 2.26. The molecular formula is C24H23ClN2O5S. The smallest absolute Gasteiger partial charge is 0.340 e. The molecule has 0 saturated carbocycles. The average molecular weight is 487 g/mol. The van der Waals surface area contributed by atoms with Gasteiger partial charge in [-0.2, -0.15) is 0 Å². The van der Waals surface area contributed by atoms with E-state index in [2.05, 4.69) is 5.32 Å². The van der Waals surface area contributed by atoms with E-state index in [9.17, 15) is 18.0 Å². The summed E-state index contributed by atoms with van der Waals surface area (Å²) in [6, 6.07) is 19.0. The molecule has 3 aromatic carbocycles. The van der Waals surface area contributed by atoms with Crippen molar-refractivity contribution in [3.8, 4) is 0 Å². The molecule has 0 aliphatic rings. The molecule has 0 bridgehead atoms. The summed E-state index contributed by atoms with van der Waals surface area (Å²) in [6.45, 7) is 3.78. The summed E-state index contributed by atoms with van der Waals surface area (Å²) in [4.78, 5) is 25.1. The van der Waals surface area contributed by atoms with E-state index < -0.39 is 21.9 Å². The number of benzene rings is 3. The molecule has 0 atom stereocenters. The lowest BCUT2D eigenvalue weighted by Gasteiger charge is -2.23. The zero-order valence-corrected chi connectivity index (χ0v) is 19.7. The van der Waals surface area contributed by atoms with Crippen molar-refractivity contribution in [2.24, 2.45) is 0 Å². The van der Waals surface area contributed by atoms with Crippen LogP contribution in [0.3, 0.4) is 0 Å². The van der Waals surface area contributed by atoms with Gasteiger partial charge in [-0.05, 0) is 56.3 Å². The standard InChI is InChI=1S/C24H23ClN2O5S/c1-3-27(17-10-6-5-7-11-17)33(30,31)18-14-15-21(25)20(16-18)23(28)26-22-13-9-8-12-19(22)24(29)32-4-2/h5-16H,3-4H2,1-2H3,(H,26,28). The Balaban J connectivity index is 1.96. The summed E-state index contributed by atoms with van der Waals surface area (Å²) in [7, 11) is -3.96. The SMILES string of the molecule is CCOC(=O)c1ccccc1NC(=O)c1cc(S(=O)(=O)N(CC)c2ccccc2)ccc1Cl. The van der Waals surface area contributed by atoms with Crippen LogP contribution >= 0.6 is 11.6 Å². The lowest BCUT2D eigenvalue weighted by atomic mass is 10.1. The number of amides is 1. The summed E-state index contributed by atoms with van der Waals surface area (Å²) in [6.07, 6.45) is 0. The fraction of sp³-hybridized carbons (Fsp3) is 0.167. The molecule has 0 heterocycles. The number of esters is 1. The maximum Gasteiger partial charge on any atom is 0.340 e. The van der Waals surface area contributed by atoms with Crippen molar-refractivity contribution >= 4 is 44.9 Å². The Morgan fingerprint density at radius 3 is 2.27 bits per heavy atom. The number of anilines is 2. The van der Waals surface area contributed by atoms with Gasteiger partial charge >= 0.3 is 5.97 Å². The molecule has 0 spiro atoms. The fourth-order valence-corrected chi connectivity index (χ4v) is 4.92. The minimum absolute atomic E-state index is 0.0412. The van der Waals surface area contributed by atoms with Crippen molar-refractivity contribution in [2.75, 3.05) is 22.8 Å². The minimum Gasteiger partial charge on any atom is -0.462 e. The van der Waals surface area contributed by atoms with Crippen LogP contribution in [0.15, 0.2) is 77.7 Å². The maximum absolute atomic E-state index is 13.3. The molecule has 0 saturated heterocycles. The minimum atomic E-state index is -3.96. The highest BCUT2D eigenvalue weighted by atomic mass is 35.5. The van der Waals surface area contributed by atoms with Gasteiger partial charge in [0, 0.05) is 6.54 Å². The first-order valence-electron chi connectivity index (χ1n) is 10.2. The lowest BCUT2D eigenvalue weighted by Crippen LogP contribution is -2.31. The Hall–Kier alpha value is -3.36. The highest BCUT2D eigenvalue weighted by molar-refractivity contribution is 7.92. The molecule has 0 fully saturated rings. The van der Waals surface area contributed by atoms with Crippen molar-refractivity contribution in [1.82, 2.24) is 0 Å². The number of hydrogen-bond donors (Lipinski definition) is 1. The summed E-state index contributed by atoms with van der Waals surface area (Å²) in [5.41, 5.74) is 0.864. The van der Waals surface area contributed by atoms with Gasteiger partial charge in [0.1, 0.15) is 0 Å². The molecule has 33 heavy (non-hydrogen) atoms. The van der Waals surface area contributed by atoms with Crippen LogP contribution in [-0.4, -0.2) is 33.4 Å². The van der Waals surface area contributed by atoms with E-state index >= 15 is 0 Å². The largest absolute Gasteiger partial charge is 0.462 e. The third-order valence-electron chi connectivity index (χ3n) is 4.77. The number of para-hydroxylation sites is 2. The Bertz CT molecular complexity index is 1260. The molecule has 0 aliphatic heterocycles. The quantitative estimate of drug-likeness (QED) is 0.453. The van der Waals surface area contributed by atoms with Crippen LogP contribution in [-0.2, 0) is 14.8 Å². The molecule has 172 valence electrons. The second-order valence-electron chi connectivity index (χ2n) is 6.87. The average Bonchev–Trinajstić information content (AvgIpc) is 2.80. The number of sulfonamides is 1. The molecule has 0 aromatic heterocycles. The Labute approximate surface area is 198 Å². The lowest BCUT2D eigenvalue weighted by molar-refractivity contribution is 0.0527. The number of ether oxygens (including phenoxy) is 1. The first kappa shape index (κ1) is 24.3. The third kappa shape index (κ3) is 5.35. The summed E-state index contributed by atoms with van der Waals surface area (Å²) in [5.74, 6) is -1.24. The monoisotopic (exact) mass is 486 g/mol. The summed E-state index contributed by atoms with van der Waals surface area (Å²) in [5, 5.41) is 2.70. The van der Waals surface area contributed by atoms with Crippen LogP contribution in [0, 0.1) is 0 Å². The van der Waals surface area contributed by atoms with Gasteiger partial charge in [0.25, 0.3) is 15.9 Å². The number of hydrogen-bond acceptors (Lipinski definition) is 5. The Morgan fingerprint density at radius 1 is 0.939 bits per heavy atom. The van der Waals surface area contributed by atoms with Gasteiger partial charge in [-0.15, -0.1) is 0 Å². The topological polar surface area (TPSA) is 92.8 Å². The molecule has 3 aromatic rings. The van der Waals surface area contributed by atoms with Gasteiger partial charge in [0.05, 0.1) is 39.0 Å². The van der Waals surface area contributed by atoms with E-state index in [-0.39, 0.29) is 39.9 Å². The van der Waals surface area contributed by atoms with E-state index in [1.807, 2.05) is 0 Å². The van der Waals surface area contributed by atoms with Gasteiger partial charge in [0.15, 0.2) is 0 Å². The van der Waals surface area contributed by atoms with Gasteiger partial charge < -0.3 is 10.1 Å². The first-order valence-corrected chi connectivity index (χ1v) is 12.1. The highest BCUT2D eigenvalue weighted by Crippen LogP contribution is 2.27. The molecule has 9 heteroatoms. The Kier molecular flexibility index (Phi) is 7.73. The van der Waals surface area contributed by atoms with Crippen LogP contribution in [0.5, 0.6) is 0 Å². The molecule has 7 nitrogen and oxygen atoms in total. The van der Waals surface area contributed by atoms with Crippen LogP contribution in [0.25, 0.3) is 0 Å². The molecule has 0 aliphatic carbocycles. The number of nitrogens with zero attached hydrogens (tertiary/aromatic N) is 1. The maximum atomic E-state index is 13.3. The van der Waals surface area contributed by atoms with E-state index in [0.29, 0.717) is 5.69 Å². The summed E-state index contributed by atoms with van der Waals surface area (Å²) >= 11 is 6.23. The predicted molar refractivity (Wildman–Crippen MR) is 128 cm³/mol. The molecule has 3 rings (SSSR count). The first-order chi connectivity index (χ1) is 15.8. The van der Waals surface area contributed by atoms with Gasteiger partial charge in [0.2, 0.25) is 0 Å². The van der Waals surface area contributed by atoms with Crippen LogP contribution < -0.4 is 9.62 Å². The van der Waals surface area contributed by atoms with Crippen LogP contribution in [0.1, 0.15) is 34.6 Å². The number of rotatable bonds is 8. The molecular weight excluding hydrogens is 464 g/mol. The van der Waals surface area contributed by atoms with E-state index in [4.69, 9.17) is 16.3 Å². The van der Waals surface area contributed by atoms with Crippen LogP contribution in [0.4, 0.5) is 11.4 Å². The van der Waals surface area contributed by atoms with Gasteiger partial charge in [-0.3, -0.25) is 9.10 Å². The molecule has 0 radical (unpaired) electrons. The fourth-order valence-electron chi connectivity index (χ4n) is 3.22. The number of nitrogens with one attached hydrogen (secondary N) is 1. The number of halogens is 1. The van der Waals surface area contributed by atoms with Gasteiger partial charge in [-0.25, -0.2) is 13.2 Å². The van der Waals surface area contributed by atoms with E-state index in [0.717, 1.165) is 0 Å². The zero-order valence-electron chi connectivity index (χ0n) is 18.1. The second kappa shape index (κ2) is 10.5. The van der Waals surface area contributed by atoms with Crippen LogP contribution in [0.2, 0.25) is 5.02 Å². The van der Waals surface area contributed by atoms with Gasteiger partial charge in [-0.1, -0.05) is 41.9 Å². The van der Waals surface area contributed by atoms with E-state index in [1.54, 1.807) is 62.4 Å². The molecule has 0 unspecified atom stereocenters. The normalized spacial score (nSPS) is 11.0. The predicted octanol–water partition coefficient (Wildman–Crippen LogP) is 4.98.